The Hall–Kier alpha value is -2.17. The molecule has 4 rings (SSSR count). The monoisotopic (exact) mass is 327 g/mol. The molecule has 126 valence electrons. The second-order valence-corrected chi connectivity index (χ2v) is 6.86. The van der Waals surface area contributed by atoms with E-state index >= 15 is 0 Å². The number of fused-ring (bicyclic) bond motifs is 1. The quantitative estimate of drug-likeness (QED) is 0.854. The molecule has 1 atom stereocenters. The summed E-state index contributed by atoms with van der Waals surface area (Å²) >= 11 is 0. The van der Waals surface area contributed by atoms with Gasteiger partial charge in [0.15, 0.2) is 0 Å². The van der Waals surface area contributed by atoms with Crippen LogP contribution in [0.1, 0.15) is 43.8 Å². The first-order valence-corrected chi connectivity index (χ1v) is 8.79. The van der Waals surface area contributed by atoms with Gasteiger partial charge in [-0.3, -0.25) is 4.79 Å². The van der Waals surface area contributed by atoms with E-state index in [1.807, 2.05) is 4.90 Å². The molecule has 5 heteroatoms. The van der Waals surface area contributed by atoms with E-state index in [2.05, 4.69) is 22.1 Å². The third kappa shape index (κ3) is 2.95. The molecule has 1 aromatic carbocycles. The Morgan fingerprint density at radius 3 is 2.79 bits per heavy atom. The van der Waals surface area contributed by atoms with Crippen molar-refractivity contribution >= 4 is 16.9 Å². The number of piperidine rings is 1. The zero-order chi connectivity index (χ0) is 16.5. The molecule has 1 fully saturated rings. The van der Waals surface area contributed by atoms with E-state index in [0.717, 1.165) is 62.1 Å². The molecule has 1 aliphatic heterocycles. The molecule has 2 aliphatic rings. The zero-order valence-corrected chi connectivity index (χ0v) is 13.7. The number of rotatable bonds is 2. The normalized spacial score (nSPS) is 22.2. The number of hydrogen-bond acceptors (Lipinski definition) is 2. The number of aromatic amines is 1. The molecule has 2 aromatic rings. The van der Waals surface area contributed by atoms with Gasteiger partial charge < -0.3 is 9.88 Å². The van der Waals surface area contributed by atoms with Gasteiger partial charge in [-0.1, -0.05) is 12.2 Å². The number of carbonyl (C=O) groups excluding carboxylic acids is 1. The van der Waals surface area contributed by atoms with Crippen molar-refractivity contribution in [3.63, 3.8) is 0 Å². The Bertz CT molecular complexity index is 774. The standard InChI is InChI=1S/C19H22FN3O/c20-15-6-7-16-17(12-15)22-18(21-16)13-8-10-23(11-9-13)19(24)14-4-2-1-3-5-14/h1-2,6-7,12-14H,3-5,8-11H2,(H,21,22). The summed E-state index contributed by atoms with van der Waals surface area (Å²) in [5, 5.41) is 0. The van der Waals surface area contributed by atoms with E-state index in [4.69, 9.17) is 0 Å². The summed E-state index contributed by atoms with van der Waals surface area (Å²) in [6, 6.07) is 4.63. The first kappa shape index (κ1) is 15.4. The van der Waals surface area contributed by atoms with Gasteiger partial charge in [0.25, 0.3) is 0 Å². The molecule has 1 aliphatic carbocycles. The Balaban J connectivity index is 1.41. The van der Waals surface area contributed by atoms with Crippen LogP contribution in [0.15, 0.2) is 30.4 Å². The molecular formula is C19H22FN3O. The predicted octanol–water partition coefficient (Wildman–Crippen LogP) is 3.76. The molecule has 1 N–H and O–H groups in total. The SMILES string of the molecule is O=C(C1CC=CCC1)N1CCC(c2nc3ccc(F)cc3[nH]2)CC1. The van der Waals surface area contributed by atoms with Crippen LogP contribution in [0, 0.1) is 11.7 Å². The minimum absolute atomic E-state index is 0.167. The van der Waals surface area contributed by atoms with Crippen molar-refractivity contribution in [2.75, 3.05) is 13.1 Å². The zero-order valence-electron chi connectivity index (χ0n) is 13.7. The second-order valence-electron chi connectivity index (χ2n) is 6.86. The van der Waals surface area contributed by atoms with Crippen LogP contribution in [0.4, 0.5) is 4.39 Å². The van der Waals surface area contributed by atoms with Gasteiger partial charge >= 0.3 is 0 Å². The van der Waals surface area contributed by atoms with Crippen LogP contribution >= 0.6 is 0 Å². The van der Waals surface area contributed by atoms with Crippen LogP contribution in [-0.4, -0.2) is 33.9 Å². The fourth-order valence-electron chi connectivity index (χ4n) is 3.84. The molecular weight excluding hydrogens is 305 g/mol. The fraction of sp³-hybridized carbons (Fsp3) is 0.474. The summed E-state index contributed by atoms with van der Waals surface area (Å²) in [5.74, 6) is 1.46. The smallest absolute Gasteiger partial charge is 0.226 e. The van der Waals surface area contributed by atoms with E-state index in [-0.39, 0.29) is 11.7 Å². The van der Waals surface area contributed by atoms with Crippen molar-refractivity contribution in [2.24, 2.45) is 5.92 Å². The summed E-state index contributed by atoms with van der Waals surface area (Å²) in [4.78, 5) is 22.5. The number of imidazole rings is 1. The minimum Gasteiger partial charge on any atom is -0.342 e. The van der Waals surface area contributed by atoms with Gasteiger partial charge in [0.05, 0.1) is 11.0 Å². The number of hydrogen-bond donors (Lipinski definition) is 1. The van der Waals surface area contributed by atoms with E-state index in [1.165, 1.54) is 12.1 Å². The number of H-pyrrole nitrogens is 1. The molecule has 24 heavy (non-hydrogen) atoms. The number of carbonyl (C=O) groups is 1. The minimum atomic E-state index is -0.250. The number of nitrogens with zero attached hydrogens (tertiary/aromatic N) is 2. The van der Waals surface area contributed by atoms with Crippen LogP contribution in [0.2, 0.25) is 0 Å². The lowest BCUT2D eigenvalue weighted by Gasteiger charge is -2.34. The van der Waals surface area contributed by atoms with Gasteiger partial charge in [-0.25, -0.2) is 9.37 Å². The predicted molar refractivity (Wildman–Crippen MR) is 91.1 cm³/mol. The topological polar surface area (TPSA) is 49.0 Å². The highest BCUT2D eigenvalue weighted by molar-refractivity contribution is 5.79. The van der Waals surface area contributed by atoms with Gasteiger partial charge in [-0.15, -0.1) is 0 Å². The van der Waals surface area contributed by atoms with Gasteiger partial charge in [-0.2, -0.15) is 0 Å². The highest BCUT2D eigenvalue weighted by Crippen LogP contribution is 2.30. The molecule has 1 amide bonds. The fourth-order valence-corrected chi connectivity index (χ4v) is 3.84. The number of aromatic nitrogens is 2. The molecule has 0 radical (unpaired) electrons. The van der Waals surface area contributed by atoms with E-state index in [1.54, 1.807) is 6.07 Å². The molecule has 0 saturated carbocycles. The summed E-state index contributed by atoms with van der Waals surface area (Å²) < 4.78 is 13.3. The molecule has 1 unspecified atom stereocenters. The van der Waals surface area contributed by atoms with E-state index in [0.29, 0.717) is 11.8 Å². The van der Waals surface area contributed by atoms with Crippen molar-refractivity contribution in [1.82, 2.24) is 14.9 Å². The van der Waals surface area contributed by atoms with Gasteiger partial charge in [-0.05, 0) is 50.3 Å². The number of allylic oxidation sites excluding steroid dienone is 2. The van der Waals surface area contributed by atoms with Crippen LogP contribution in [0.5, 0.6) is 0 Å². The van der Waals surface area contributed by atoms with Crippen molar-refractivity contribution in [2.45, 2.75) is 38.0 Å². The molecule has 1 saturated heterocycles. The van der Waals surface area contributed by atoms with Crippen molar-refractivity contribution in [1.29, 1.82) is 0 Å². The van der Waals surface area contributed by atoms with Crippen LogP contribution in [0.25, 0.3) is 11.0 Å². The first-order chi connectivity index (χ1) is 11.7. The molecule has 0 bridgehead atoms. The second kappa shape index (κ2) is 6.38. The average Bonchev–Trinajstić information content (AvgIpc) is 3.05. The average molecular weight is 327 g/mol. The van der Waals surface area contributed by atoms with Gasteiger partial charge in [0, 0.05) is 24.9 Å². The van der Waals surface area contributed by atoms with Crippen molar-refractivity contribution in [3.8, 4) is 0 Å². The number of nitrogens with one attached hydrogen (secondary N) is 1. The lowest BCUT2D eigenvalue weighted by Crippen LogP contribution is -2.41. The molecule has 1 aromatic heterocycles. The summed E-state index contributed by atoms with van der Waals surface area (Å²) in [7, 11) is 0. The number of likely N-dealkylation sites (tertiary alicyclic amines) is 1. The molecule has 0 spiro atoms. The Kier molecular flexibility index (Phi) is 4.08. The van der Waals surface area contributed by atoms with E-state index < -0.39 is 0 Å². The number of benzene rings is 1. The maximum absolute atomic E-state index is 13.3. The maximum Gasteiger partial charge on any atom is 0.226 e. The van der Waals surface area contributed by atoms with Crippen LogP contribution in [-0.2, 0) is 4.79 Å². The first-order valence-electron chi connectivity index (χ1n) is 8.79. The Morgan fingerprint density at radius 1 is 1.21 bits per heavy atom. The van der Waals surface area contributed by atoms with Gasteiger partial charge in [0.1, 0.15) is 11.6 Å². The lowest BCUT2D eigenvalue weighted by atomic mass is 9.90. The molecule has 4 nitrogen and oxygen atoms in total. The largest absolute Gasteiger partial charge is 0.342 e. The highest BCUT2D eigenvalue weighted by Gasteiger charge is 2.29. The molecule has 2 heterocycles. The van der Waals surface area contributed by atoms with Crippen molar-refractivity contribution < 1.29 is 9.18 Å². The summed E-state index contributed by atoms with van der Waals surface area (Å²) in [5.41, 5.74) is 1.55. The number of halogens is 1. The Labute approximate surface area is 140 Å². The van der Waals surface area contributed by atoms with Crippen LogP contribution in [0.3, 0.4) is 0 Å². The lowest BCUT2D eigenvalue weighted by molar-refractivity contribution is -0.136. The third-order valence-electron chi connectivity index (χ3n) is 5.27. The number of amides is 1. The summed E-state index contributed by atoms with van der Waals surface area (Å²) in [6.07, 6.45) is 9.00. The van der Waals surface area contributed by atoms with Gasteiger partial charge in [0.2, 0.25) is 5.91 Å². The third-order valence-corrected chi connectivity index (χ3v) is 5.27. The van der Waals surface area contributed by atoms with E-state index in [9.17, 15) is 9.18 Å². The van der Waals surface area contributed by atoms with Crippen molar-refractivity contribution in [3.05, 3.63) is 42.0 Å². The highest BCUT2D eigenvalue weighted by atomic mass is 19.1. The maximum atomic E-state index is 13.3. The van der Waals surface area contributed by atoms with Crippen LogP contribution < -0.4 is 0 Å². The summed E-state index contributed by atoms with van der Waals surface area (Å²) in [6.45, 7) is 1.57. The Morgan fingerprint density at radius 2 is 2.04 bits per heavy atom.